The first kappa shape index (κ1) is 14.5. The molecule has 1 fully saturated rings. The number of carboxylic acids is 1. The fourth-order valence-corrected chi connectivity index (χ4v) is 2.27. The number of nitrogens with zero attached hydrogens (tertiary/aromatic N) is 2. The maximum Gasteiger partial charge on any atom is 0.331 e. The van der Waals surface area contributed by atoms with E-state index < -0.39 is 12.0 Å². The van der Waals surface area contributed by atoms with Gasteiger partial charge in [0, 0.05) is 25.4 Å². The van der Waals surface area contributed by atoms with Crippen LogP contribution in [0.1, 0.15) is 37.3 Å². The van der Waals surface area contributed by atoms with Crippen molar-refractivity contribution in [1.29, 1.82) is 0 Å². The first-order valence-corrected chi connectivity index (χ1v) is 6.68. The van der Waals surface area contributed by atoms with E-state index in [0.717, 1.165) is 19.3 Å². The van der Waals surface area contributed by atoms with Crippen LogP contribution in [0.3, 0.4) is 0 Å². The molecule has 20 heavy (non-hydrogen) atoms. The average molecular weight is 281 g/mol. The minimum Gasteiger partial charge on any atom is -0.479 e. The lowest BCUT2D eigenvalue weighted by atomic mass is 10.1. The summed E-state index contributed by atoms with van der Waals surface area (Å²) in [5.41, 5.74) is 0.456. The van der Waals surface area contributed by atoms with Crippen LogP contribution in [-0.2, 0) is 21.4 Å². The standard InChI is InChI=1S/C13H19N3O4/c1-16-8-9(7-14-16)12(13(18)19)15-11(17)6-10-4-2-3-5-20-10/h7-8,10,12H,2-6H2,1H3,(H,15,17)(H,18,19). The summed E-state index contributed by atoms with van der Waals surface area (Å²) in [6.45, 7) is 0.670. The Hall–Kier alpha value is -1.89. The lowest BCUT2D eigenvalue weighted by Crippen LogP contribution is -2.36. The van der Waals surface area contributed by atoms with Crippen LogP contribution < -0.4 is 5.32 Å². The number of rotatable bonds is 5. The number of aliphatic carboxylic acids is 1. The molecule has 2 rings (SSSR count). The van der Waals surface area contributed by atoms with Crippen molar-refractivity contribution in [2.24, 2.45) is 7.05 Å². The summed E-state index contributed by atoms with van der Waals surface area (Å²) >= 11 is 0. The fourth-order valence-electron chi connectivity index (χ4n) is 2.27. The molecule has 2 unspecified atom stereocenters. The van der Waals surface area contributed by atoms with Gasteiger partial charge in [0.25, 0.3) is 0 Å². The molecule has 0 spiro atoms. The molecule has 0 bridgehead atoms. The summed E-state index contributed by atoms with van der Waals surface area (Å²) in [6.07, 6.45) is 6.02. The molecule has 1 amide bonds. The summed E-state index contributed by atoms with van der Waals surface area (Å²) in [5.74, 6) is -1.41. The minimum atomic E-state index is -1.10. The normalized spacial score (nSPS) is 20.4. The fraction of sp³-hybridized carbons (Fsp3) is 0.615. The van der Waals surface area contributed by atoms with Crippen LogP contribution in [0.2, 0.25) is 0 Å². The highest BCUT2D eigenvalue weighted by Crippen LogP contribution is 2.17. The third-order valence-corrected chi connectivity index (χ3v) is 3.30. The van der Waals surface area contributed by atoms with Crippen LogP contribution in [0, 0.1) is 0 Å². The Morgan fingerprint density at radius 3 is 2.95 bits per heavy atom. The zero-order chi connectivity index (χ0) is 14.5. The second kappa shape index (κ2) is 6.51. The van der Waals surface area contributed by atoms with E-state index >= 15 is 0 Å². The zero-order valence-corrected chi connectivity index (χ0v) is 11.4. The summed E-state index contributed by atoms with van der Waals surface area (Å²) in [7, 11) is 1.69. The van der Waals surface area contributed by atoms with Crippen molar-refractivity contribution in [2.45, 2.75) is 37.8 Å². The lowest BCUT2D eigenvalue weighted by molar-refractivity contribution is -0.142. The Balaban J connectivity index is 1.94. The molecule has 0 radical (unpaired) electrons. The molecule has 1 saturated heterocycles. The molecule has 7 heteroatoms. The van der Waals surface area contributed by atoms with Crippen LogP contribution in [0.15, 0.2) is 12.4 Å². The summed E-state index contributed by atoms with van der Waals surface area (Å²) < 4.78 is 6.98. The van der Waals surface area contributed by atoms with Gasteiger partial charge in [0.15, 0.2) is 6.04 Å². The molecular formula is C13H19N3O4. The van der Waals surface area contributed by atoms with Crippen molar-refractivity contribution < 1.29 is 19.4 Å². The first-order valence-electron chi connectivity index (χ1n) is 6.68. The number of hydrogen-bond acceptors (Lipinski definition) is 4. The molecule has 2 heterocycles. The number of carboxylic acid groups (broad SMARTS) is 1. The number of carbonyl (C=O) groups is 2. The van der Waals surface area contributed by atoms with Gasteiger partial charge in [0.05, 0.1) is 18.7 Å². The Labute approximate surface area is 116 Å². The number of amides is 1. The van der Waals surface area contributed by atoms with E-state index in [1.165, 1.54) is 10.9 Å². The van der Waals surface area contributed by atoms with Crippen LogP contribution in [0.25, 0.3) is 0 Å². The van der Waals surface area contributed by atoms with Crippen molar-refractivity contribution in [3.05, 3.63) is 18.0 Å². The van der Waals surface area contributed by atoms with E-state index in [-0.39, 0.29) is 18.4 Å². The van der Waals surface area contributed by atoms with Gasteiger partial charge in [-0.3, -0.25) is 9.48 Å². The molecule has 1 aromatic rings. The van der Waals surface area contributed by atoms with E-state index in [2.05, 4.69) is 10.4 Å². The molecule has 110 valence electrons. The Morgan fingerprint density at radius 2 is 2.40 bits per heavy atom. The van der Waals surface area contributed by atoms with Gasteiger partial charge < -0.3 is 15.2 Å². The Morgan fingerprint density at radius 1 is 1.60 bits per heavy atom. The number of ether oxygens (including phenoxy) is 1. The number of hydrogen-bond donors (Lipinski definition) is 2. The highest BCUT2D eigenvalue weighted by Gasteiger charge is 2.25. The van der Waals surface area contributed by atoms with Crippen LogP contribution in [0.5, 0.6) is 0 Å². The third-order valence-electron chi connectivity index (χ3n) is 3.30. The molecule has 1 aromatic heterocycles. The minimum absolute atomic E-state index is 0.105. The van der Waals surface area contributed by atoms with Gasteiger partial charge in [-0.1, -0.05) is 0 Å². The monoisotopic (exact) mass is 281 g/mol. The molecular weight excluding hydrogens is 262 g/mol. The molecule has 2 N–H and O–H groups in total. The smallest absolute Gasteiger partial charge is 0.331 e. The van der Waals surface area contributed by atoms with Crippen LogP contribution >= 0.6 is 0 Å². The Kier molecular flexibility index (Phi) is 4.73. The predicted molar refractivity (Wildman–Crippen MR) is 69.9 cm³/mol. The van der Waals surface area contributed by atoms with E-state index in [1.54, 1.807) is 13.2 Å². The molecule has 0 aliphatic carbocycles. The van der Waals surface area contributed by atoms with Crippen LogP contribution in [0.4, 0.5) is 0 Å². The second-order valence-corrected chi connectivity index (χ2v) is 4.98. The quantitative estimate of drug-likeness (QED) is 0.825. The molecule has 7 nitrogen and oxygen atoms in total. The number of nitrogens with one attached hydrogen (secondary N) is 1. The summed E-state index contributed by atoms with van der Waals surface area (Å²) in [6, 6.07) is -1.07. The van der Waals surface area contributed by atoms with E-state index in [4.69, 9.17) is 4.74 Å². The van der Waals surface area contributed by atoms with Crippen LogP contribution in [-0.4, -0.2) is 39.5 Å². The van der Waals surface area contributed by atoms with Gasteiger partial charge >= 0.3 is 5.97 Å². The molecule has 0 aromatic carbocycles. The first-order chi connectivity index (χ1) is 9.56. The van der Waals surface area contributed by atoms with Crippen molar-refractivity contribution in [1.82, 2.24) is 15.1 Å². The van der Waals surface area contributed by atoms with Gasteiger partial charge in [-0.25, -0.2) is 4.79 Å². The lowest BCUT2D eigenvalue weighted by Gasteiger charge is -2.22. The SMILES string of the molecule is Cn1cc(C(NC(=O)CC2CCCCO2)C(=O)O)cn1. The summed E-state index contributed by atoms with van der Waals surface area (Å²) in [5, 5.41) is 15.6. The Bertz CT molecular complexity index is 480. The molecule has 1 aliphatic heterocycles. The van der Waals surface area contributed by atoms with Crippen molar-refractivity contribution in [3.8, 4) is 0 Å². The highest BCUT2D eigenvalue weighted by molar-refractivity contribution is 5.84. The van der Waals surface area contributed by atoms with Gasteiger partial charge in [0.2, 0.25) is 5.91 Å². The van der Waals surface area contributed by atoms with Crippen molar-refractivity contribution in [3.63, 3.8) is 0 Å². The maximum absolute atomic E-state index is 11.9. The number of aryl methyl sites for hydroxylation is 1. The maximum atomic E-state index is 11.9. The summed E-state index contributed by atoms with van der Waals surface area (Å²) in [4.78, 5) is 23.2. The molecule has 0 saturated carbocycles. The van der Waals surface area contributed by atoms with E-state index in [1.807, 2.05) is 0 Å². The van der Waals surface area contributed by atoms with Crippen molar-refractivity contribution in [2.75, 3.05) is 6.61 Å². The number of carbonyl (C=O) groups excluding carboxylic acids is 1. The second-order valence-electron chi connectivity index (χ2n) is 4.98. The zero-order valence-electron chi connectivity index (χ0n) is 11.4. The number of aromatic nitrogens is 2. The van der Waals surface area contributed by atoms with Gasteiger partial charge in [-0.2, -0.15) is 5.10 Å². The topological polar surface area (TPSA) is 93.5 Å². The highest BCUT2D eigenvalue weighted by atomic mass is 16.5. The molecule has 2 atom stereocenters. The van der Waals surface area contributed by atoms with Gasteiger partial charge in [0.1, 0.15) is 0 Å². The van der Waals surface area contributed by atoms with Gasteiger partial charge in [-0.15, -0.1) is 0 Å². The average Bonchev–Trinajstić information content (AvgIpc) is 2.83. The predicted octanol–water partition coefficient (Wildman–Crippen LogP) is 0.621. The van der Waals surface area contributed by atoms with E-state index in [9.17, 15) is 14.7 Å². The largest absolute Gasteiger partial charge is 0.479 e. The van der Waals surface area contributed by atoms with Crippen molar-refractivity contribution >= 4 is 11.9 Å². The molecule has 1 aliphatic rings. The van der Waals surface area contributed by atoms with E-state index in [0.29, 0.717) is 12.2 Å². The third kappa shape index (κ3) is 3.80. The van der Waals surface area contributed by atoms with Gasteiger partial charge in [-0.05, 0) is 19.3 Å².